The number of unbranched alkanes of at least 4 members (excludes halogenated alkanes) is 1. The Morgan fingerprint density at radius 2 is 1.67 bits per heavy atom. The second-order valence-corrected chi connectivity index (χ2v) is 8.49. The quantitative estimate of drug-likeness (QED) is 0.224. The maximum Gasteiger partial charge on any atom is 0.339 e. The minimum absolute atomic E-state index is 0.157. The average Bonchev–Trinajstić information content (AvgIpc) is 3.46. The van der Waals surface area contributed by atoms with Crippen LogP contribution in [0.5, 0.6) is 28.7 Å². The van der Waals surface area contributed by atoms with Crippen LogP contribution in [0.1, 0.15) is 28.8 Å². The zero-order valence-electron chi connectivity index (χ0n) is 18.4. The second kappa shape index (κ2) is 9.02. The van der Waals surface area contributed by atoms with Gasteiger partial charge in [-0.2, -0.15) is 0 Å². The van der Waals surface area contributed by atoms with Gasteiger partial charge in [-0.25, -0.2) is 4.79 Å². The van der Waals surface area contributed by atoms with Gasteiger partial charge in [0.15, 0.2) is 23.0 Å². The molecule has 33 heavy (non-hydrogen) atoms. The van der Waals surface area contributed by atoms with Crippen LogP contribution < -0.4 is 23.7 Å². The van der Waals surface area contributed by atoms with Crippen LogP contribution in [-0.4, -0.2) is 38.9 Å². The number of methoxy groups -OCH3 is 2. The van der Waals surface area contributed by atoms with Crippen LogP contribution in [0.15, 0.2) is 30.3 Å². The van der Waals surface area contributed by atoms with Crippen molar-refractivity contribution in [2.75, 3.05) is 32.9 Å². The van der Waals surface area contributed by atoms with E-state index in [1.165, 1.54) is 0 Å². The largest absolute Gasteiger partial charge is 0.493 e. The third kappa shape index (κ3) is 3.72. The summed E-state index contributed by atoms with van der Waals surface area (Å²) in [6.45, 7) is 0.856. The molecule has 172 valence electrons. The van der Waals surface area contributed by atoms with E-state index in [0.29, 0.717) is 40.9 Å². The number of ether oxygens (including phenoxy) is 6. The first-order valence-corrected chi connectivity index (χ1v) is 11.8. The number of carbonyl (C=O) groups excluding carboxylic acids is 1. The molecule has 2 aliphatic heterocycles. The first-order chi connectivity index (χ1) is 16.2. The van der Waals surface area contributed by atoms with Gasteiger partial charge in [-0.1, -0.05) is 22.0 Å². The van der Waals surface area contributed by atoms with Gasteiger partial charge in [-0.3, -0.25) is 0 Å². The number of rotatable bonds is 8. The summed E-state index contributed by atoms with van der Waals surface area (Å²) in [5.41, 5.74) is 2.81. The Bertz CT molecular complexity index is 1240. The number of esters is 1. The van der Waals surface area contributed by atoms with Crippen molar-refractivity contribution in [1.82, 2.24) is 0 Å². The molecule has 5 rings (SSSR count). The third-order valence-corrected chi connectivity index (χ3v) is 6.41. The Balaban J connectivity index is 1.79. The molecule has 0 unspecified atom stereocenters. The number of hydrogen-bond acceptors (Lipinski definition) is 7. The highest BCUT2D eigenvalue weighted by atomic mass is 79.9. The van der Waals surface area contributed by atoms with Crippen molar-refractivity contribution in [2.45, 2.75) is 19.4 Å². The van der Waals surface area contributed by atoms with E-state index in [9.17, 15) is 4.79 Å². The van der Waals surface area contributed by atoms with E-state index in [0.717, 1.165) is 45.6 Å². The lowest BCUT2D eigenvalue weighted by molar-refractivity contribution is 0.0534. The molecule has 3 aromatic rings. The third-order valence-electron chi connectivity index (χ3n) is 5.85. The van der Waals surface area contributed by atoms with Gasteiger partial charge >= 0.3 is 5.97 Å². The van der Waals surface area contributed by atoms with Crippen LogP contribution in [0.2, 0.25) is 0 Å². The summed E-state index contributed by atoms with van der Waals surface area (Å²) in [4.78, 5) is 12.9. The summed E-state index contributed by atoms with van der Waals surface area (Å²) in [6.07, 6.45) is 1.87. The van der Waals surface area contributed by atoms with Crippen molar-refractivity contribution in [3.05, 3.63) is 41.5 Å². The van der Waals surface area contributed by atoms with Gasteiger partial charge in [0, 0.05) is 21.8 Å². The van der Waals surface area contributed by atoms with E-state index in [4.69, 9.17) is 28.4 Å². The van der Waals surface area contributed by atoms with E-state index in [1.54, 1.807) is 14.2 Å². The van der Waals surface area contributed by atoms with Crippen LogP contribution in [0.4, 0.5) is 0 Å². The molecule has 3 aromatic carbocycles. The van der Waals surface area contributed by atoms with Gasteiger partial charge in [-0.15, -0.1) is 0 Å². The van der Waals surface area contributed by atoms with E-state index in [2.05, 4.69) is 15.9 Å². The zero-order valence-corrected chi connectivity index (χ0v) is 20.0. The fourth-order valence-corrected chi connectivity index (χ4v) is 4.69. The van der Waals surface area contributed by atoms with E-state index < -0.39 is 0 Å². The molecule has 7 nitrogen and oxygen atoms in total. The summed E-state index contributed by atoms with van der Waals surface area (Å²) < 4.78 is 33.9. The molecule has 0 saturated heterocycles. The standard InChI is InChI=1S/C25H23BrO7/c1-28-19-10-15-16(11-20(19)29-2)24(30-8-4-3-7-26)17-12-31-25(27)23(17)22(15)14-5-6-18-21(9-14)33-13-32-18/h5-6,9-11H,3-4,7-8,12-13H2,1-2H3. The fourth-order valence-electron chi connectivity index (χ4n) is 4.30. The number of hydrogen-bond donors (Lipinski definition) is 0. The lowest BCUT2D eigenvalue weighted by Crippen LogP contribution is -2.05. The van der Waals surface area contributed by atoms with Crippen molar-refractivity contribution in [2.24, 2.45) is 0 Å². The van der Waals surface area contributed by atoms with Gasteiger partial charge in [0.1, 0.15) is 12.4 Å². The predicted octanol–water partition coefficient (Wildman–Crippen LogP) is 5.48. The lowest BCUT2D eigenvalue weighted by atomic mass is 9.89. The van der Waals surface area contributed by atoms with E-state index in [-0.39, 0.29) is 19.4 Å². The van der Waals surface area contributed by atoms with Gasteiger partial charge in [0.2, 0.25) is 6.79 Å². The number of halogens is 1. The molecule has 0 saturated carbocycles. The number of cyclic esters (lactones) is 1. The molecular weight excluding hydrogens is 492 g/mol. The SMILES string of the molecule is COc1cc2c(OCCCCBr)c3c(c(-c4ccc5c(c4)OCO5)c2cc1OC)C(=O)OC3. The number of fused-ring (bicyclic) bond motifs is 3. The van der Waals surface area contributed by atoms with Crippen LogP contribution in [0.25, 0.3) is 21.9 Å². The van der Waals surface area contributed by atoms with E-state index in [1.807, 2.05) is 30.3 Å². The summed E-state index contributed by atoms with van der Waals surface area (Å²) >= 11 is 3.45. The van der Waals surface area contributed by atoms with Crippen LogP contribution >= 0.6 is 15.9 Å². The van der Waals surface area contributed by atoms with Crippen molar-refractivity contribution >= 4 is 32.7 Å². The maximum absolute atomic E-state index is 12.9. The first-order valence-electron chi connectivity index (χ1n) is 10.7. The molecule has 0 bridgehead atoms. The Hall–Kier alpha value is -3.13. The smallest absolute Gasteiger partial charge is 0.339 e. The topological polar surface area (TPSA) is 72.5 Å². The zero-order chi connectivity index (χ0) is 22.9. The molecule has 0 atom stereocenters. The van der Waals surface area contributed by atoms with Crippen molar-refractivity contribution in [3.8, 4) is 39.9 Å². The second-order valence-electron chi connectivity index (χ2n) is 7.70. The van der Waals surface area contributed by atoms with Gasteiger partial charge < -0.3 is 28.4 Å². The van der Waals surface area contributed by atoms with E-state index >= 15 is 0 Å². The number of carbonyl (C=O) groups is 1. The van der Waals surface area contributed by atoms with Gasteiger partial charge in [0.25, 0.3) is 0 Å². The molecule has 0 fully saturated rings. The Kier molecular flexibility index (Phi) is 5.93. The van der Waals surface area contributed by atoms with Gasteiger partial charge in [0.05, 0.1) is 26.4 Å². The predicted molar refractivity (Wildman–Crippen MR) is 126 cm³/mol. The number of benzene rings is 3. The summed E-state index contributed by atoms with van der Waals surface area (Å²) in [7, 11) is 3.18. The lowest BCUT2D eigenvalue weighted by Gasteiger charge is -2.19. The Labute approximate surface area is 199 Å². The highest BCUT2D eigenvalue weighted by Gasteiger charge is 2.33. The monoisotopic (exact) mass is 514 g/mol. The van der Waals surface area contributed by atoms with Crippen LogP contribution in [0, 0.1) is 0 Å². The Morgan fingerprint density at radius 3 is 2.42 bits per heavy atom. The normalized spacial score (nSPS) is 13.7. The molecule has 2 heterocycles. The minimum atomic E-state index is -0.375. The molecule has 0 spiro atoms. The van der Waals surface area contributed by atoms with Gasteiger partial charge in [-0.05, 0) is 48.1 Å². The maximum atomic E-state index is 12.9. The molecule has 0 aliphatic carbocycles. The minimum Gasteiger partial charge on any atom is -0.493 e. The molecule has 0 radical (unpaired) electrons. The molecule has 0 aromatic heterocycles. The molecule has 0 amide bonds. The van der Waals surface area contributed by atoms with Crippen molar-refractivity contribution in [1.29, 1.82) is 0 Å². The molecule has 0 N–H and O–H groups in total. The summed E-state index contributed by atoms with van der Waals surface area (Å²) in [6, 6.07) is 9.43. The van der Waals surface area contributed by atoms with Crippen molar-refractivity contribution in [3.63, 3.8) is 0 Å². The summed E-state index contributed by atoms with van der Waals surface area (Å²) in [5, 5.41) is 2.54. The number of alkyl halides is 1. The van der Waals surface area contributed by atoms with Crippen LogP contribution in [-0.2, 0) is 11.3 Å². The van der Waals surface area contributed by atoms with Crippen molar-refractivity contribution < 1.29 is 33.2 Å². The Morgan fingerprint density at radius 1 is 0.909 bits per heavy atom. The molecular formula is C25H23BrO7. The molecule has 8 heteroatoms. The first kappa shape index (κ1) is 21.7. The highest BCUT2D eigenvalue weighted by Crippen LogP contribution is 2.49. The summed E-state index contributed by atoms with van der Waals surface area (Å²) in [5.74, 6) is 2.72. The fraction of sp³-hybridized carbons (Fsp3) is 0.320. The molecule has 2 aliphatic rings. The highest BCUT2D eigenvalue weighted by molar-refractivity contribution is 9.09. The average molecular weight is 515 g/mol. The van der Waals surface area contributed by atoms with Crippen LogP contribution in [0.3, 0.4) is 0 Å².